The third-order valence-electron chi connectivity index (χ3n) is 5.01. The Morgan fingerprint density at radius 1 is 1.05 bits per heavy atom. The van der Waals surface area contributed by atoms with Crippen molar-refractivity contribution < 1.29 is 0 Å². The molecule has 0 atom stereocenters. The molecule has 0 aliphatic carbocycles. The highest BCUT2D eigenvalue weighted by Crippen LogP contribution is 2.29. The van der Waals surface area contributed by atoms with Crippen LogP contribution in [0.5, 0.6) is 0 Å². The van der Waals surface area contributed by atoms with E-state index in [1.807, 2.05) is 0 Å². The Morgan fingerprint density at radius 2 is 1.65 bits per heavy atom. The van der Waals surface area contributed by atoms with Gasteiger partial charge in [0.15, 0.2) is 0 Å². The van der Waals surface area contributed by atoms with Gasteiger partial charge in [-0.05, 0) is 81.4 Å². The summed E-state index contributed by atoms with van der Waals surface area (Å²) in [4.78, 5) is 2.44. The lowest BCUT2D eigenvalue weighted by Gasteiger charge is -2.38. The summed E-state index contributed by atoms with van der Waals surface area (Å²) in [5, 5.41) is 3.70. The first kappa shape index (κ1) is 15.5. The van der Waals surface area contributed by atoms with Gasteiger partial charge in [-0.1, -0.05) is 19.1 Å². The molecule has 0 unspecified atom stereocenters. The normalized spacial score (nSPS) is 19.2. The number of aryl methyl sites for hydroxylation is 3. The van der Waals surface area contributed by atoms with Crippen molar-refractivity contribution in [1.29, 1.82) is 0 Å². The lowest BCUT2D eigenvalue weighted by Crippen LogP contribution is -2.41. The smallest absolute Gasteiger partial charge is 0.0208 e. The number of likely N-dealkylation sites (tertiary alicyclic amines) is 1. The fourth-order valence-corrected chi connectivity index (χ4v) is 3.04. The van der Waals surface area contributed by atoms with Crippen molar-refractivity contribution >= 4 is 0 Å². The molecule has 20 heavy (non-hydrogen) atoms. The molecule has 1 aliphatic heterocycles. The van der Waals surface area contributed by atoms with Crippen molar-refractivity contribution in [2.24, 2.45) is 5.41 Å². The summed E-state index contributed by atoms with van der Waals surface area (Å²) < 4.78 is 0. The number of hydrogen-bond acceptors (Lipinski definition) is 2. The Hall–Kier alpha value is -0.860. The first-order chi connectivity index (χ1) is 9.39. The van der Waals surface area contributed by atoms with E-state index in [9.17, 15) is 0 Å². The zero-order valence-corrected chi connectivity index (χ0v) is 13.8. The molecular formula is C18H30N2. The van der Waals surface area contributed by atoms with E-state index in [0.717, 1.165) is 13.1 Å². The average Bonchev–Trinajstić information content (AvgIpc) is 2.39. The number of benzene rings is 1. The van der Waals surface area contributed by atoms with E-state index in [-0.39, 0.29) is 0 Å². The predicted molar refractivity (Wildman–Crippen MR) is 87.2 cm³/mol. The van der Waals surface area contributed by atoms with Gasteiger partial charge in [-0.25, -0.2) is 0 Å². The highest BCUT2D eigenvalue weighted by Gasteiger charge is 2.28. The van der Waals surface area contributed by atoms with E-state index in [1.165, 1.54) is 48.2 Å². The standard InChI is InChI=1S/C18H30N2/c1-14-10-16(3)17(11-15(14)2)12-19-13-18(4)6-8-20(5)9-7-18/h10-11,19H,6-9,12-13H2,1-5H3. The summed E-state index contributed by atoms with van der Waals surface area (Å²) >= 11 is 0. The Kier molecular flexibility index (Phi) is 4.87. The molecule has 0 saturated carbocycles. The second-order valence-corrected chi connectivity index (χ2v) is 7.08. The molecule has 2 heteroatoms. The van der Waals surface area contributed by atoms with Gasteiger partial charge >= 0.3 is 0 Å². The van der Waals surface area contributed by atoms with Gasteiger partial charge in [0.05, 0.1) is 0 Å². The number of rotatable bonds is 4. The lowest BCUT2D eigenvalue weighted by molar-refractivity contribution is 0.137. The number of piperidine rings is 1. The molecule has 2 nitrogen and oxygen atoms in total. The molecule has 1 aliphatic rings. The van der Waals surface area contributed by atoms with Gasteiger partial charge < -0.3 is 10.2 Å². The molecule has 0 radical (unpaired) electrons. The maximum Gasteiger partial charge on any atom is 0.0208 e. The number of hydrogen-bond donors (Lipinski definition) is 1. The Bertz CT molecular complexity index is 457. The quantitative estimate of drug-likeness (QED) is 0.905. The van der Waals surface area contributed by atoms with Crippen LogP contribution in [0.4, 0.5) is 0 Å². The molecule has 112 valence electrons. The second kappa shape index (κ2) is 6.28. The van der Waals surface area contributed by atoms with Gasteiger partial charge in [-0.2, -0.15) is 0 Å². The van der Waals surface area contributed by atoms with Crippen molar-refractivity contribution in [3.05, 3.63) is 34.4 Å². The summed E-state index contributed by atoms with van der Waals surface area (Å²) in [6, 6.07) is 4.65. The maximum absolute atomic E-state index is 3.70. The van der Waals surface area contributed by atoms with Crippen LogP contribution in [0.3, 0.4) is 0 Å². The SMILES string of the molecule is Cc1cc(C)c(CNCC2(C)CCN(C)CC2)cc1C. The molecule has 0 amide bonds. The second-order valence-electron chi connectivity index (χ2n) is 7.08. The highest BCUT2D eigenvalue weighted by molar-refractivity contribution is 5.36. The largest absolute Gasteiger partial charge is 0.312 e. The minimum atomic E-state index is 0.472. The van der Waals surface area contributed by atoms with Crippen LogP contribution in [0.2, 0.25) is 0 Å². The molecule has 1 N–H and O–H groups in total. The van der Waals surface area contributed by atoms with Gasteiger partial charge in [0, 0.05) is 13.1 Å². The first-order valence-corrected chi connectivity index (χ1v) is 7.86. The third-order valence-corrected chi connectivity index (χ3v) is 5.01. The van der Waals surface area contributed by atoms with Crippen LogP contribution in [-0.2, 0) is 6.54 Å². The average molecular weight is 274 g/mol. The van der Waals surface area contributed by atoms with E-state index in [1.54, 1.807) is 0 Å². The zero-order chi connectivity index (χ0) is 14.8. The summed E-state index contributed by atoms with van der Waals surface area (Å²) in [7, 11) is 2.23. The molecule has 1 aromatic rings. The van der Waals surface area contributed by atoms with E-state index in [0.29, 0.717) is 5.41 Å². The van der Waals surface area contributed by atoms with Gasteiger partial charge in [0.2, 0.25) is 0 Å². The van der Waals surface area contributed by atoms with Gasteiger partial charge in [0.1, 0.15) is 0 Å². The van der Waals surface area contributed by atoms with Gasteiger partial charge in [-0.3, -0.25) is 0 Å². The van der Waals surface area contributed by atoms with E-state index < -0.39 is 0 Å². The predicted octanol–water partition coefficient (Wildman–Crippen LogP) is 3.43. The van der Waals surface area contributed by atoms with Gasteiger partial charge in [0.25, 0.3) is 0 Å². The van der Waals surface area contributed by atoms with Crippen molar-refractivity contribution in [3.8, 4) is 0 Å². The Labute approximate surface area is 124 Å². The van der Waals surface area contributed by atoms with Crippen molar-refractivity contribution in [1.82, 2.24) is 10.2 Å². The monoisotopic (exact) mass is 274 g/mol. The molecule has 0 spiro atoms. The van der Waals surface area contributed by atoms with E-state index in [2.05, 4.69) is 57.1 Å². The first-order valence-electron chi connectivity index (χ1n) is 7.86. The topological polar surface area (TPSA) is 15.3 Å². The van der Waals surface area contributed by atoms with E-state index >= 15 is 0 Å². The number of nitrogens with one attached hydrogen (secondary N) is 1. The van der Waals surface area contributed by atoms with Crippen LogP contribution in [0.15, 0.2) is 12.1 Å². The maximum atomic E-state index is 3.70. The van der Waals surface area contributed by atoms with Crippen molar-refractivity contribution in [2.45, 2.75) is 47.1 Å². The summed E-state index contributed by atoms with van der Waals surface area (Å²) in [5.74, 6) is 0. The Morgan fingerprint density at radius 3 is 2.30 bits per heavy atom. The lowest BCUT2D eigenvalue weighted by atomic mass is 9.80. The van der Waals surface area contributed by atoms with Crippen LogP contribution in [0, 0.1) is 26.2 Å². The minimum absolute atomic E-state index is 0.472. The molecule has 1 saturated heterocycles. The summed E-state index contributed by atoms with van der Waals surface area (Å²) in [6.07, 6.45) is 2.62. The van der Waals surface area contributed by atoms with Crippen LogP contribution in [-0.4, -0.2) is 31.6 Å². The van der Waals surface area contributed by atoms with Crippen LogP contribution < -0.4 is 5.32 Å². The zero-order valence-electron chi connectivity index (χ0n) is 13.8. The summed E-state index contributed by atoms with van der Waals surface area (Å²) in [6.45, 7) is 13.7. The summed E-state index contributed by atoms with van der Waals surface area (Å²) in [5.41, 5.74) is 6.13. The fraction of sp³-hybridized carbons (Fsp3) is 0.667. The third kappa shape index (κ3) is 3.83. The molecule has 0 aromatic heterocycles. The number of nitrogens with zero attached hydrogens (tertiary/aromatic N) is 1. The minimum Gasteiger partial charge on any atom is -0.312 e. The molecule has 0 bridgehead atoms. The van der Waals surface area contributed by atoms with Crippen molar-refractivity contribution in [2.75, 3.05) is 26.7 Å². The van der Waals surface area contributed by atoms with E-state index in [4.69, 9.17) is 0 Å². The van der Waals surface area contributed by atoms with Crippen LogP contribution in [0.25, 0.3) is 0 Å². The molecule has 1 fully saturated rings. The molecule has 1 aromatic carbocycles. The van der Waals surface area contributed by atoms with Crippen molar-refractivity contribution in [3.63, 3.8) is 0 Å². The Balaban J connectivity index is 1.88. The molecule has 2 rings (SSSR count). The van der Waals surface area contributed by atoms with Gasteiger partial charge in [-0.15, -0.1) is 0 Å². The molecule has 1 heterocycles. The highest BCUT2D eigenvalue weighted by atomic mass is 15.1. The van der Waals surface area contributed by atoms with Crippen LogP contribution >= 0.6 is 0 Å². The fourth-order valence-electron chi connectivity index (χ4n) is 3.04. The van der Waals surface area contributed by atoms with Crippen LogP contribution in [0.1, 0.15) is 42.0 Å². The molecular weight excluding hydrogens is 244 g/mol.